The number of rotatable bonds is 8. The van der Waals surface area contributed by atoms with Gasteiger partial charge in [-0.3, -0.25) is 14.5 Å². The quantitative estimate of drug-likeness (QED) is 0.289. The summed E-state index contributed by atoms with van der Waals surface area (Å²) in [4.78, 5) is 26.2. The summed E-state index contributed by atoms with van der Waals surface area (Å²) in [6.45, 7) is 6.64. The van der Waals surface area contributed by atoms with E-state index in [-0.39, 0.29) is 30.6 Å². The summed E-state index contributed by atoms with van der Waals surface area (Å²) in [5, 5.41) is 2.19. The Balaban J connectivity index is 1.41. The molecule has 1 spiro atoms. The van der Waals surface area contributed by atoms with E-state index in [4.69, 9.17) is 15.2 Å². The summed E-state index contributed by atoms with van der Waals surface area (Å²) in [5.41, 5.74) is 7.61. The number of likely N-dealkylation sites (N-methyl/N-ethyl adjacent to an activating group) is 1. The molecular weight excluding hydrogens is 418 g/mol. The molecule has 7 heteroatoms. The number of quaternary nitrogens is 1. The van der Waals surface area contributed by atoms with Gasteiger partial charge in [-0.2, -0.15) is 0 Å². The van der Waals surface area contributed by atoms with E-state index in [9.17, 15) is 9.59 Å². The Morgan fingerprint density at radius 3 is 2.55 bits per heavy atom. The molecule has 7 nitrogen and oxygen atoms in total. The predicted molar refractivity (Wildman–Crippen MR) is 125 cm³/mol. The zero-order valence-electron chi connectivity index (χ0n) is 19.7. The van der Waals surface area contributed by atoms with Crippen LogP contribution in [0, 0.1) is 5.92 Å². The van der Waals surface area contributed by atoms with Gasteiger partial charge in [-0.25, -0.2) is 0 Å². The molecule has 0 radical (unpaired) electrons. The van der Waals surface area contributed by atoms with E-state index in [0.717, 1.165) is 46.0 Å². The van der Waals surface area contributed by atoms with Gasteiger partial charge in [-0.15, -0.1) is 0 Å². The van der Waals surface area contributed by atoms with Crippen LogP contribution < -0.4 is 10.5 Å². The minimum atomic E-state index is -0.738. The Morgan fingerprint density at radius 1 is 1.18 bits per heavy atom. The Hall–Kier alpha value is -2.74. The molecule has 0 aliphatic carbocycles. The van der Waals surface area contributed by atoms with Crippen LogP contribution >= 0.6 is 0 Å². The van der Waals surface area contributed by atoms with Crippen molar-refractivity contribution >= 4 is 23.0 Å². The van der Waals surface area contributed by atoms with Crippen LogP contribution in [-0.2, 0) is 20.9 Å². The second-order valence-corrected chi connectivity index (χ2v) is 10.2. The lowest BCUT2D eigenvalue weighted by atomic mass is 9.78. The van der Waals surface area contributed by atoms with Gasteiger partial charge in [-0.05, 0) is 23.9 Å². The number of epoxide rings is 1. The second kappa shape index (κ2) is 7.65. The number of benzene rings is 2. The summed E-state index contributed by atoms with van der Waals surface area (Å²) < 4.78 is 12.8. The average molecular weight is 451 g/mol. The standard InChI is InChI=1S/C26H32N3O4/c1-16-21(22(14-30)28-24(16)26(25(28)31)17(2)33-26)15-32-23-10-6-8-19-18(7-5-9-20(19)23)13-29(3,4)12-11-27/h5-10,14,16-17,24H,11-13,15,27H2,1-4H3/q+1/t16-,17+,24+,26-/m0/s1. The van der Waals surface area contributed by atoms with Crippen LogP contribution in [0.3, 0.4) is 0 Å². The molecule has 2 aromatic rings. The molecule has 2 fully saturated rings. The van der Waals surface area contributed by atoms with Gasteiger partial charge in [0.1, 0.15) is 18.9 Å². The number of amides is 1. The predicted octanol–water partition coefficient (Wildman–Crippen LogP) is 2.22. The zero-order valence-corrected chi connectivity index (χ0v) is 19.7. The Morgan fingerprint density at radius 2 is 1.88 bits per heavy atom. The molecular formula is C26H32N3O4+. The molecule has 3 heterocycles. The van der Waals surface area contributed by atoms with Crippen molar-refractivity contribution in [1.82, 2.24) is 4.90 Å². The number of allylic oxidation sites excluding steroid dienone is 1. The number of nitrogens with zero attached hydrogens (tertiary/aromatic N) is 2. The van der Waals surface area contributed by atoms with Crippen molar-refractivity contribution in [2.24, 2.45) is 11.7 Å². The van der Waals surface area contributed by atoms with Gasteiger partial charge in [0.25, 0.3) is 5.91 Å². The summed E-state index contributed by atoms with van der Waals surface area (Å²) >= 11 is 0. The Bertz CT molecular complexity index is 1170. The van der Waals surface area contributed by atoms with Gasteiger partial charge in [0, 0.05) is 23.4 Å². The first-order valence-electron chi connectivity index (χ1n) is 11.6. The third-order valence-corrected chi connectivity index (χ3v) is 7.60. The molecule has 0 bridgehead atoms. The van der Waals surface area contributed by atoms with Crippen LogP contribution in [0.5, 0.6) is 5.75 Å². The van der Waals surface area contributed by atoms with Crippen LogP contribution in [0.15, 0.2) is 47.7 Å². The fourth-order valence-electron chi connectivity index (χ4n) is 5.79. The number of nitrogens with two attached hydrogens (primary N) is 1. The monoisotopic (exact) mass is 450 g/mol. The molecule has 2 saturated heterocycles. The highest BCUT2D eigenvalue weighted by Crippen LogP contribution is 2.58. The third-order valence-electron chi connectivity index (χ3n) is 7.60. The largest absolute Gasteiger partial charge is 0.489 e. The molecule has 2 N–H and O–H groups in total. The van der Waals surface area contributed by atoms with Crippen LogP contribution in [0.1, 0.15) is 19.4 Å². The van der Waals surface area contributed by atoms with E-state index < -0.39 is 5.60 Å². The van der Waals surface area contributed by atoms with Crippen LogP contribution in [-0.4, -0.2) is 73.1 Å². The van der Waals surface area contributed by atoms with Crippen LogP contribution in [0.25, 0.3) is 10.8 Å². The molecule has 0 aromatic heterocycles. The molecule has 1 amide bonds. The maximum absolute atomic E-state index is 12.7. The first-order valence-corrected chi connectivity index (χ1v) is 11.6. The first kappa shape index (κ1) is 22.1. The molecule has 3 aliphatic heterocycles. The van der Waals surface area contributed by atoms with Crippen molar-refractivity contribution in [3.63, 3.8) is 0 Å². The van der Waals surface area contributed by atoms with E-state index in [2.05, 4.69) is 38.4 Å². The fourth-order valence-corrected chi connectivity index (χ4v) is 5.79. The highest BCUT2D eigenvalue weighted by molar-refractivity contribution is 6.03. The van der Waals surface area contributed by atoms with Crippen molar-refractivity contribution in [3.8, 4) is 5.75 Å². The number of fused-ring (bicyclic) bond motifs is 3. The van der Waals surface area contributed by atoms with Gasteiger partial charge in [0.05, 0.1) is 38.5 Å². The number of aldehydes is 1. The lowest BCUT2D eigenvalue weighted by Gasteiger charge is -2.43. The number of carbonyl (C=O) groups excluding carboxylic acids is 2. The molecule has 0 saturated carbocycles. The van der Waals surface area contributed by atoms with Gasteiger partial charge >= 0.3 is 0 Å². The number of β-lactam (4-membered cyclic amide) rings is 1. The third kappa shape index (κ3) is 3.21. The van der Waals surface area contributed by atoms with Gasteiger partial charge in [-0.1, -0.05) is 37.3 Å². The van der Waals surface area contributed by atoms with Gasteiger partial charge < -0.3 is 19.7 Å². The number of ether oxygens (including phenoxy) is 2. The van der Waals surface area contributed by atoms with E-state index in [1.165, 1.54) is 5.56 Å². The molecule has 4 atom stereocenters. The molecule has 174 valence electrons. The lowest BCUT2D eigenvalue weighted by Crippen LogP contribution is -2.67. The summed E-state index contributed by atoms with van der Waals surface area (Å²) in [7, 11) is 4.37. The molecule has 33 heavy (non-hydrogen) atoms. The van der Waals surface area contributed by atoms with Gasteiger partial charge in [0.15, 0.2) is 11.9 Å². The van der Waals surface area contributed by atoms with Crippen molar-refractivity contribution in [3.05, 3.63) is 53.2 Å². The molecule has 0 unspecified atom stereocenters. The highest BCUT2D eigenvalue weighted by Gasteiger charge is 2.79. The highest BCUT2D eigenvalue weighted by atomic mass is 16.6. The SMILES string of the molecule is C[C@H]1C(COc2cccc3c(C[N+](C)(C)CCN)cccc23)=C(C=O)N2C(=O)[C@@]3(O[C@@H]3C)[C@@H]12. The van der Waals surface area contributed by atoms with Crippen LogP contribution in [0.2, 0.25) is 0 Å². The number of carbonyl (C=O) groups is 2. The minimum absolute atomic E-state index is 0.00718. The average Bonchev–Trinajstić information content (AvgIpc) is 3.41. The smallest absolute Gasteiger partial charge is 0.264 e. The first-order chi connectivity index (χ1) is 15.7. The zero-order chi connectivity index (χ0) is 23.5. The van der Waals surface area contributed by atoms with Crippen LogP contribution in [0.4, 0.5) is 0 Å². The lowest BCUT2D eigenvalue weighted by molar-refractivity contribution is -0.902. The second-order valence-electron chi connectivity index (χ2n) is 10.2. The normalized spacial score (nSPS) is 28.3. The fraction of sp³-hybridized carbons (Fsp3) is 0.462. The topological polar surface area (TPSA) is 85.2 Å². The maximum atomic E-state index is 12.7. The van der Waals surface area contributed by atoms with E-state index in [1.807, 2.05) is 26.0 Å². The van der Waals surface area contributed by atoms with Gasteiger partial charge in [0.2, 0.25) is 0 Å². The summed E-state index contributed by atoms with van der Waals surface area (Å²) in [6, 6.07) is 12.2. The summed E-state index contributed by atoms with van der Waals surface area (Å²) in [5.74, 6) is 0.680. The maximum Gasteiger partial charge on any atom is 0.264 e. The number of hydrogen-bond acceptors (Lipinski definition) is 5. The Kier molecular flexibility index (Phi) is 5.12. The van der Waals surface area contributed by atoms with Crippen molar-refractivity contribution in [2.45, 2.75) is 38.1 Å². The number of hydrogen-bond donors (Lipinski definition) is 1. The van der Waals surface area contributed by atoms with E-state index >= 15 is 0 Å². The van der Waals surface area contributed by atoms with Crippen molar-refractivity contribution in [1.29, 1.82) is 0 Å². The van der Waals surface area contributed by atoms with Crippen molar-refractivity contribution < 1.29 is 23.5 Å². The van der Waals surface area contributed by atoms with Crippen molar-refractivity contribution in [2.75, 3.05) is 33.8 Å². The van der Waals surface area contributed by atoms with E-state index in [0.29, 0.717) is 12.2 Å². The van der Waals surface area contributed by atoms with E-state index in [1.54, 1.807) is 4.90 Å². The summed E-state index contributed by atoms with van der Waals surface area (Å²) in [6.07, 6.45) is 0.686. The molecule has 5 rings (SSSR count). The Labute approximate surface area is 194 Å². The molecule has 2 aromatic carbocycles. The molecule has 3 aliphatic rings. The minimum Gasteiger partial charge on any atom is -0.489 e.